The summed E-state index contributed by atoms with van der Waals surface area (Å²) in [6, 6.07) is 2.55. The Hall–Kier alpha value is -1.69. The molecule has 0 amide bonds. The first-order valence-corrected chi connectivity index (χ1v) is 7.82. The van der Waals surface area contributed by atoms with Crippen LogP contribution in [0.15, 0.2) is 6.07 Å². The number of nitrogen functional groups attached to an aromatic ring is 1. The largest absolute Gasteiger partial charge is 0.382 e. The molecule has 1 aliphatic carbocycles. The molecule has 3 rings (SSSR count). The van der Waals surface area contributed by atoms with Crippen molar-refractivity contribution in [2.75, 3.05) is 31.1 Å². The van der Waals surface area contributed by atoms with E-state index in [1.807, 2.05) is 6.92 Å². The SMILES string of the molecule is Cc1cc(C(=N)N)nc(N2CCN(C3CCCC3)CC2)n1. The number of aryl methyl sites for hydroxylation is 1. The average molecular weight is 288 g/mol. The van der Waals surface area contributed by atoms with Crippen molar-refractivity contribution >= 4 is 11.8 Å². The molecule has 6 nitrogen and oxygen atoms in total. The molecule has 0 unspecified atom stereocenters. The first-order valence-electron chi connectivity index (χ1n) is 7.82. The van der Waals surface area contributed by atoms with Gasteiger partial charge in [0.15, 0.2) is 0 Å². The number of amidine groups is 1. The molecule has 1 saturated heterocycles. The third kappa shape index (κ3) is 3.15. The zero-order chi connectivity index (χ0) is 14.8. The van der Waals surface area contributed by atoms with Gasteiger partial charge in [0.05, 0.1) is 0 Å². The summed E-state index contributed by atoms with van der Waals surface area (Å²) in [6.45, 7) is 6.00. The van der Waals surface area contributed by atoms with Crippen LogP contribution in [0.1, 0.15) is 37.1 Å². The summed E-state index contributed by atoms with van der Waals surface area (Å²) in [4.78, 5) is 13.8. The van der Waals surface area contributed by atoms with E-state index in [4.69, 9.17) is 11.1 Å². The first kappa shape index (κ1) is 14.3. The lowest BCUT2D eigenvalue weighted by molar-refractivity contribution is 0.187. The number of rotatable bonds is 3. The second-order valence-electron chi connectivity index (χ2n) is 6.07. The Balaban J connectivity index is 1.67. The molecule has 2 heterocycles. The maximum atomic E-state index is 7.55. The van der Waals surface area contributed by atoms with Gasteiger partial charge in [-0.1, -0.05) is 12.8 Å². The lowest BCUT2D eigenvalue weighted by Gasteiger charge is -2.38. The second kappa shape index (κ2) is 5.97. The molecule has 0 spiro atoms. The lowest BCUT2D eigenvalue weighted by atomic mass is 10.2. The molecule has 1 aromatic rings. The standard InChI is InChI=1S/C15H24N6/c1-11-10-13(14(16)17)19-15(18-11)21-8-6-20(7-9-21)12-4-2-3-5-12/h10,12H,2-9H2,1H3,(H3,16,17). The molecule has 1 aliphatic heterocycles. The fourth-order valence-corrected chi connectivity index (χ4v) is 3.39. The lowest BCUT2D eigenvalue weighted by Crippen LogP contribution is -2.50. The summed E-state index contributed by atoms with van der Waals surface area (Å²) in [5.74, 6) is 0.720. The van der Waals surface area contributed by atoms with E-state index in [0.717, 1.165) is 37.9 Å². The smallest absolute Gasteiger partial charge is 0.226 e. The number of nitrogens with two attached hydrogens (primary N) is 1. The van der Waals surface area contributed by atoms with E-state index in [1.54, 1.807) is 6.07 Å². The van der Waals surface area contributed by atoms with Gasteiger partial charge in [-0.25, -0.2) is 9.97 Å². The Bertz CT molecular complexity index is 515. The van der Waals surface area contributed by atoms with E-state index >= 15 is 0 Å². The van der Waals surface area contributed by atoms with Gasteiger partial charge >= 0.3 is 0 Å². The van der Waals surface area contributed by atoms with E-state index in [-0.39, 0.29) is 5.84 Å². The van der Waals surface area contributed by atoms with Crippen molar-refractivity contribution in [3.63, 3.8) is 0 Å². The summed E-state index contributed by atoms with van der Waals surface area (Å²) in [7, 11) is 0. The van der Waals surface area contributed by atoms with Crippen LogP contribution in [0.4, 0.5) is 5.95 Å². The van der Waals surface area contributed by atoms with Crippen molar-refractivity contribution in [3.05, 3.63) is 17.5 Å². The van der Waals surface area contributed by atoms with Crippen LogP contribution >= 0.6 is 0 Å². The zero-order valence-corrected chi connectivity index (χ0v) is 12.7. The molecule has 0 radical (unpaired) electrons. The highest BCUT2D eigenvalue weighted by Gasteiger charge is 2.27. The molecular weight excluding hydrogens is 264 g/mol. The van der Waals surface area contributed by atoms with Gasteiger partial charge in [-0.05, 0) is 25.8 Å². The van der Waals surface area contributed by atoms with Gasteiger partial charge in [-0.3, -0.25) is 10.3 Å². The zero-order valence-electron chi connectivity index (χ0n) is 12.7. The molecule has 0 aromatic carbocycles. The van der Waals surface area contributed by atoms with Crippen LogP contribution in [0, 0.1) is 12.3 Å². The number of aromatic nitrogens is 2. The molecule has 114 valence electrons. The summed E-state index contributed by atoms with van der Waals surface area (Å²) in [5.41, 5.74) is 6.94. The molecule has 21 heavy (non-hydrogen) atoms. The van der Waals surface area contributed by atoms with Crippen molar-refractivity contribution in [2.45, 2.75) is 38.6 Å². The molecule has 0 bridgehead atoms. The minimum Gasteiger partial charge on any atom is -0.382 e. The Morgan fingerprint density at radius 2 is 1.86 bits per heavy atom. The molecule has 0 atom stereocenters. The first-order chi connectivity index (χ1) is 10.1. The number of nitrogens with zero attached hydrogens (tertiary/aromatic N) is 4. The highest BCUT2D eigenvalue weighted by molar-refractivity contribution is 5.93. The Kier molecular flexibility index (Phi) is 4.05. The number of hydrogen-bond donors (Lipinski definition) is 2. The summed E-state index contributed by atoms with van der Waals surface area (Å²) in [6.07, 6.45) is 5.48. The van der Waals surface area contributed by atoms with Crippen molar-refractivity contribution in [1.29, 1.82) is 5.41 Å². The van der Waals surface area contributed by atoms with Gasteiger partial charge in [0.1, 0.15) is 11.5 Å². The van der Waals surface area contributed by atoms with E-state index in [1.165, 1.54) is 25.7 Å². The van der Waals surface area contributed by atoms with Crippen LogP contribution in [0.2, 0.25) is 0 Å². The number of hydrogen-bond acceptors (Lipinski definition) is 5. The van der Waals surface area contributed by atoms with Crippen molar-refractivity contribution < 1.29 is 0 Å². The molecule has 1 aromatic heterocycles. The van der Waals surface area contributed by atoms with Crippen molar-refractivity contribution in [1.82, 2.24) is 14.9 Å². The maximum absolute atomic E-state index is 7.55. The normalized spacial score (nSPS) is 20.9. The Morgan fingerprint density at radius 1 is 1.19 bits per heavy atom. The second-order valence-corrected chi connectivity index (χ2v) is 6.07. The third-order valence-corrected chi connectivity index (χ3v) is 4.56. The highest BCUT2D eigenvalue weighted by Crippen LogP contribution is 2.25. The molecule has 6 heteroatoms. The molecule has 2 fully saturated rings. The van der Waals surface area contributed by atoms with Gasteiger partial charge in [0, 0.05) is 37.9 Å². The van der Waals surface area contributed by atoms with Gasteiger partial charge in [-0.2, -0.15) is 0 Å². The molecule has 2 aliphatic rings. The van der Waals surface area contributed by atoms with Crippen LogP contribution in [-0.4, -0.2) is 52.9 Å². The quantitative estimate of drug-likeness (QED) is 0.643. The van der Waals surface area contributed by atoms with E-state index < -0.39 is 0 Å². The van der Waals surface area contributed by atoms with Crippen LogP contribution in [0.25, 0.3) is 0 Å². The van der Waals surface area contributed by atoms with Crippen LogP contribution in [0.3, 0.4) is 0 Å². The van der Waals surface area contributed by atoms with E-state index in [2.05, 4.69) is 19.8 Å². The minimum atomic E-state index is 0.00587. The van der Waals surface area contributed by atoms with E-state index in [9.17, 15) is 0 Å². The summed E-state index contributed by atoms with van der Waals surface area (Å²) in [5, 5.41) is 7.55. The average Bonchev–Trinajstić information content (AvgIpc) is 3.01. The molecule has 1 saturated carbocycles. The fourth-order valence-electron chi connectivity index (χ4n) is 3.39. The predicted octanol–water partition coefficient (Wildman–Crippen LogP) is 1.13. The third-order valence-electron chi connectivity index (χ3n) is 4.56. The fraction of sp³-hybridized carbons (Fsp3) is 0.667. The van der Waals surface area contributed by atoms with Gasteiger partial charge in [0.2, 0.25) is 5.95 Å². The maximum Gasteiger partial charge on any atom is 0.226 e. The summed E-state index contributed by atoms with van der Waals surface area (Å²) < 4.78 is 0. The van der Waals surface area contributed by atoms with Gasteiger partial charge < -0.3 is 10.6 Å². The molecule has 3 N–H and O–H groups in total. The van der Waals surface area contributed by atoms with Crippen molar-refractivity contribution in [3.8, 4) is 0 Å². The number of piperazine rings is 1. The van der Waals surface area contributed by atoms with Crippen molar-refractivity contribution in [2.24, 2.45) is 5.73 Å². The van der Waals surface area contributed by atoms with Crippen LogP contribution < -0.4 is 10.6 Å². The highest BCUT2D eigenvalue weighted by atomic mass is 15.3. The molecular formula is C15H24N6. The minimum absolute atomic E-state index is 0.00587. The van der Waals surface area contributed by atoms with E-state index in [0.29, 0.717) is 11.6 Å². The van der Waals surface area contributed by atoms with Crippen LogP contribution in [0.5, 0.6) is 0 Å². The number of nitrogens with one attached hydrogen (secondary N) is 1. The van der Waals surface area contributed by atoms with Gasteiger partial charge in [-0.15, -0.1) is 0 Å². The monoisotopic (exact) mass is 288 g/mol. The summed E-state index contributed by atoms with van der Waals surface area (Å²) >= 11 is 0. The Morgan fingerprint density at radius 3 is 2.48 bits per heavy atom. The Labute approximate surface area is 125 Å². The predicted molar refractivity (Wildman–Crippen MR) is 83.8 cm³/mol. The number of anilines is 1. The topological polar surface area (TPSA) is 82.1 Å². The van der Waals surface area contributed by atoms with Crippen LogP contribution in [-0.2, 0) is 0 Å². The van der Waals surface area contributed by atoms with Gasteiger partial charge in [0.25, 0.3) is 0 Å².